The van der Waals surface area contributed by atoms with Gasteiger partial charge < -0.3 is 16.0 Å². The molecule has 0 aliphatic rings. The van der Waals surface area contributed by atoms with Crippen LogP contribution in [0.4, 0.5) is 0 Å². The largest absolute Gasteiger partial charge is 0.392 e. The lowest BCUT2D eigenvalue weighted by atomic mass is 9.89. The molecule has 0 bridgehead atoms. The monoisotopic (exact) mass is 199 g/mol. The van der Waals surface area contributed by atoms with Gasteiger partial charge in [-0.25, -0.2) is 0 Å². The SMILES string of the molecule is C=C(CC(C)(CC(C)NC)NC)NC. The zero-order valence-corrected chi connectivity index (χ0v) is 10.2. The first-order valence-electron chi connectivity index (χ1n) is 5.19. The first-order valence-corrected chi connectivity index (χ1v) is 5.19. The normalized spacial score (nSPS) is 17.2. The molecule has 3 nitrogen and oxygen atoms in total. The quantitative estimate of drug-likeness (QED) is 0.574. The Kier molecular flexibility index (Phi) is 5.81. The second-order valence-electron chi connectivity index (χ2n) is 4.23. The lowest BCUT2D eigenvalue weighted by Gasteiger charge is -2.32. The van der Waals surface area contributed by atoms with Crippen LogP contribution >= 0.6 is 0 Å². The highest BCUT2D eigenvalue weighted by Crippen LogP contribution is 2.19. The molecule has 0 aliphatic heterocycles. The predicted octanol–water partition coefficient (Wildman–Crippen LogP) is 1.09. The summed E-state index contributed by atoms with van der Waals surface area (Å²) in [4.78, 5) is 0. The zero-order valence-electron chi connectivity index (χ0n) is 10.2. The number of hydrogen-bond acceptors (Lipinski definition) is 3. The highest BCUT2D eigenvalue weighted by atomic mass is 15.0. The van der Waals surface area contributed by atoms with Gasteiger partial charge in [0.1, 0.15) is 0 Å². The molecule has 0 rings (SSSR count). The van der Waals surface area contributed by atoms with Crippen LogP contribution in [0.5, 0.6) is 0 Å². The van der Waals surface area contributed by atoms with Crippen LogP contribution in [0.1, 0.15) is 26.7 Å². The fourth-order valence-electron chi connectivity index (χ4n) is 1.60. The van der Waals surface area contributed by atoms with Crippen molar-refractivity contribution >= 4 is 0 Å². The molecule has 0 heterocycles. The molecule has 0 fully saturated rings. The Morgan fingerprint density at radius 2 is 1.93 bits per heavy atom. The lowest BCUT2D eigenvalue weighted by Crippen LogP contribution is -2.45. The van der Waals surface area contributed by atoms with E-state index in [4.69, 9.17) is 0 Å². The summed E-state index contributed by atoms with van der Waals surface area (Å²) >= 11 is 0. The van der Waals surface area contributed by atoms with E-state index < -0.39 is 0 Å². The second kappa shape index (κ2) is 6.04. The van der Waals surface area contributed by atoms with E-state index in [0.29, 0.717) is 6.04 Å². The van der Waals surface area contributed by atoms with Gasteiger partial charge in [0.25, 0.3) is 0 Å². The van der Waals surface area contributed by atoms with Crippen LogP contribution in [0.15, 0.2) is 12.3 Å². The summed E-state index contributed by atoms with van der Waals surface area (Å²) in [6.45, 7) is 8.39. The molecule has 2 unspecified atom stereocenters. The molecule has 3 N–H and O–H groups in total. The molecule has 0 aromatic heterocycles. The van der Waals surface area contributed by atoms with Gasteiger partial charge in [-0.15, -0.1) is 0 Å². The van der Waals surface area contributed by atoms with E-state index in [0.717, 1.165) is 18.5 Å². The van der Waals surface area contributed by atoms with Crippen molar-refractivity contribution in [3.63, 3.8) is 0 Å². The average molecular weight is 199 g/mol. The minimum absolute atomic E-state index is 0.114. The summed E-state index contributed by atoms with van der Waals surface area (Å²) in [5, 5.41) is 9.72. The Balaban J connectivity index is 4.24. The Morgan fingerprint density at radius 1 is 1.36 bits per heavy atom. The fraction of sp³-hybridized carbons (Fsp3) is 0.818. The van der Waals surface area contributed by atoms with Crippen LogP contribution in [-0.2, 0) is 0 Å². The number of rotatable bonds is 7. The van der Waals surface area contributed by atoms with Crippen LogP contribution in [0.3, 0.4) is 0 Å². The number of nitrogens with one attached hydrogen (secondary N) is 3. The lowest BCUT2D eigenvalue weighted by molar-refractivity contribution is 0.312. The van der Waals surface area contributed by atoms with Crippen LogP contribution in [0.2, 0.25) is 0 Å². The van der Waals surface area contributed by atoms with E-state index in [9.17, 15) is 0 Å². The minimum atomic E-state index is 0.114. The summed E-state index contributed by atoms with van der Waals surface area (Å²) in [7, 11) is 5.92. The third kappa shape index (κ3) is 4.63. The van der Waals surface area contributed by atoms with Gasteiger partial charge in [0.15, 0.2) is 0 Å². The Hall–Kier alpha value is -0.540. The molecule has 0 aromatic rings. The maximum absolute atomic E-state index is 3.97. The smallest absolute Gasteiger partial charge is 0.0219 e. The van der Waals surface area contributed by atoms with Gasteiger partial charge in [0.2, 0.25) is 0 Å². The molecule has 0 aromatic carbocycles. The molecule has 3 heteroatoms. The van der Waals surface area contributed by atoms with Crippen molar-refractivity contribution in [1.82, 2.24) is 16.0 Å². The van der Waals surface area contributed by atoms with E-state index in [1.165, 1.54) is 0 Å². The maximum Gasteiger partial charge on any atom is 0.0219 e. The third-order valence-corrected chi connectivity index (χ3v) is 2.81. The Morgan fingerprint density at radius 3 is 2.29 bits per heavy atom. The minimum Gasteiger partial charge on any atom is -0.392 e. The molecule has 84 valence electrons. The van der Waals surface area contributed by atoms with Gasteiger partial charge in [-0.3, -0.25) is 0 Å². The van der Waals surface area contributed by atoms with Gasteiger partial charge in [0.05, 0.1) is 0 Å². The van der Waals surface area contributed by atoms with E-state index in [2.05, 4.69) is 36.4 Å². The van der Waals surface area contributed by atoms with Gasteiger partial charge >= 0.3 is 0 Å². The van der Waals surface area contributed by atoms with Crippen molar-refractivity contribution in [1.29, 1.82) is 0 Å². The Bertz CT molecular complexity index is 179. The first kappa shape index (κ1) is 13.5. The van der Waals surface area contributed by atoms with E-state index >= 15 is 0 Å². The van der Waals surface area contributed by atoms with Crippen molar-refractivity contribution in [3.8, 4) is 0 Å². The van der Waals surface area contributed by atoms with Crippen molar-refractivity contribution < 1.29 is 0 Å². The molecule has 0 aliphatic carbocycles. The summed E-state index contributed by atoms with van der Waals surface area (Å²) in [5.41, 5.74) is 1.19. The molecule has 2 atom stereocenters. The topological polar surface area (TPSA) is 36.1 Å². The van der Waals surface area contributed by atoms with Crippen LogP contribution < -0.4 is 16.0 Å². The fourth-order valence-corrected chi connectivity index (χ4v) is 1.60. The highest BCUT2D eigenvalue weighted by molar-refractivity contribution is 5.00. The molecule has 0 spiro atoms. The van der Waals surface area contributed by atoms with Gasteiger partial charge in [-0.2, -0.15) is 0 Å². The van der Waals surface area contributed by atoms with Crippen LogP contribution in [0, 0.1) is 0 Å². The van der Waals surface area contributed by atoms with E-state index in [1.54, 1.807) is 0 Å². The van der Waals surface area contributed by atoms with Crippen molar-refractivity contribution in [2.45, 2.75) is 38.3 Å². The van der Waals surface area contributed by atoms with Crippen molar-refractivity contribution in [2.24, 2.45) is 0 Å². The molecular formula is C11H25N3. The van der Waals surface area contributed by atoms with Crippen molar-refractivity contribution in [3.05, 3.63) is 12.3 Å². The molecule has 0 saturated carbocycles. The molecule has 0 amide bonds. The first-order chi connectivity index (χ1) is 6.47. The van der Waals surface area contributed by atoms with Gasteiger partial charge in [-0.1, -0.05) is 6.58 Å². The third-order valence-electron chi connectivity index (χ3n) is 2.81. The Labute approximate surface area is 88.3 Å². The maximum atomic E-state index is 3.97. The van der Waals surface area contributed by atoms with E-state index in [-0.39, 0.29) is 5.54 Å². The zero-order chi connectivity index (χ0) is 11.2. The summed E-state index contributed by atoms with van der Waals surface area (Å²) in [6, 6.07) is 0.511. The highest BCUT2D eigenvalue weighted by Gasteiger charge is 2.24. The molecule has 0 radical (unpaired) electrons. The summed E-state index contributed by atoms with van der Waals surface area (Å²) < 4.78 is 0. The van der Waals surface area contributed by atoms with Crippen LogP contribution in [0.25, 0.3) is 0 Å². The summed E-state index contributed by atoms with van der Waals surface area (Å²) in [5.74, 6) is 0. The second-order valence-corrected chi connectivity index (χ2v) is 4.23. The standard InChI is InChI=1S/C11H25N3/c1-9(12-4)7-11(3,14-6)8-10(2)13-5/h10,12-14H,1,7-8H2,2-6H3. The number of hydrogen-bond donors (Lipinski definition) is 3. The van der Waals surface area contributed by atoms with Crippen LogP contribution in [-0.4, -0.2) is 32.7 Å². The molecule has 14 heavy (non-hydrogen) atoms. The molecular weight excluding hydrogens is 174 g/mol. The van der Waals surface area contributed by atoms with Gasteiger partial charge in [-0.05, 0) is 34.4 Å². The molecule has 0 saturated heterocycles. The van der Waals surface area contributed by atoms with Crippen molar-refractivity contribution in [2.75, 3.05) is 21.1 Å². The predicted molar refractivity (Wildman–Crippen MR) is 63.4 cm³/mol. The van der Waals surface area contributed by atoms with E-state index in [1.807, 2.05) is 21.1 Å². The average Bonchev–Trinajstić information content (AvgIpc) is 2.17. The van der Waals surface area contributed by atoms with Gasteiger partial charge in [0, 0.05) is 30.7 Å². The summed E-state index contributed by atoms with van der Waals surface area (Å²) in [6.07, 6.45) is 2.03.